The van der Waals surface area contributed by atoms with E-state index in [0.29, 0.717) is 22.3 Å². The predicted molar refractivity (Wildman–Crippen MR) is 120 cm³/mol. The van der Waals surface area contributed by atoms with Crippen molar-refractivity contribution in [1.29, 1.82) is 0 Å². The SMILES string of the molecule is Fc1c(F)c(C2C(Cl)=C(Cl)c3ccccc32)c(F)c(F)c1C1C(Cl)=C(Cl)c2ccccc21. The average molecular weight is 516 g/mol. The smallest absolute Gasteiger partial charge is 0.166 e. The van der Waals surface area contributed by atoms with Crippen LogP contribution in [-0.2, 0) is 0 Å². The van der Waals surface area contributed by atoms with Crippen molar-refractivity contribution < 1.29 is 17.6 Å². The van der Waals surface area contributed by atoms with Gasteiger partial charge in [0, 0.05) is 21.2 Å². The van der Waals surface area contributed by atoms with Crippen LogP contribution in [0.1, 0.15) is 45.2 Å². The largest absolute Gasteiger partial charge is 0.203 e. The van der Waals surface area contributed by atoms with Gasteiger partial charge in [0.05, 0.1) is 21.9 Å². The Labute approximate surface area is 200 Å². The van der Waals surface area contributed by atoms with Crippen LogP contribution < -0.4 is 0 Å². The zero-order chi connectivity index (χ0) is 22.9. The van der Waals surface area contributed by atoms with E-state index in [-0.39, 0.29) is 20.1 Å². The molecular formula is C24H10Cl4F4. The number of hydrogen-bond donors (Lipinski definition) is 0. The summed E-state index contributed by atoms with van der Waals surface area (Å²) in [5.74, 6) is -8.82. The maximum absolute atomic E-state index is 15.4. The molecule has 3 aromatic carbocycles. The molecule has 8 heteroatoms. The molecule has 0 heterocycles. The lowest BCUT2D eigenvalue weighted by Gasteiger charge is -2.21. The Morgan fingerprint density at radius 1 is 0.500 bits per heavy atom. The van der Waals surface area contributed by atoms with Gasteiger partial charge >= 0.3 is 0 Å². The number of halogens is 8. The number of hydrogen-bond acceptors (Lipinski definition) is 0. The van der Waals surface area contributed by atoms with Crippen molar-refractivity contribution in [2.75, 3.05) is 0 Å². The number of benzene rings is 3. The maximum atomic E-state index is 15.4. The molecule has 0 fully saturated rings. The molecule has 0 spiro atoms. The molecule has 0 amide bonds. The van der Waals surface area contributed by atoms with Crippen LogP contribution in [0.5, 0.6) is 0 Å². The van der Waals surface area contributed by atoms with Crippen LogP contribution in [0.3, 0.4) is 0 Å². The third-order valence-corrected chi connectivity index (χ3v) is 7.67. The molecular weight excluding hydrogens is 506 g/mol. The summed E-state index contributed by atoms with van der Waals surface area (Å²) in [5, 5.41) is -0.106. The highest BCUT2D eigenvalue weighted by Crippen LogP contribution is 2.53. The third kappa shape index (κ3) is 2.90. The summed E-state index contributed by atoms with van der Waals surface area (Å²) in [5.41, 5.74) is -0.132. The van der Waals surface area contributed by atoms with Crippen LogP contribution in [0.4, 0.5) is 17.6 Å². The summed E-state index contributed by atoms with van der Waals surface area (Å²) in [6.07, 6.45) is 0. The van der Waals surface area contributed by atoms with Gasteiger partial charge in [-0.1, -0.05) is 94.9 Å². The van der Waals surface area contributed by atoms with Gasteiger partial charge in [-0.15, -0.1) is 0 Å². The second-order valence-corrected chi connectivity index (χ2v) is 9.02. The molecule has 0 bridgehead atoms. The lowest BCUT2D eigenvalue weighted by Crippen LogP contribution is -2.15. The molecule has 0 aromatic heterocycles. The molecule has 0 radical (unpaired) electrons. The van der Waals surface area contributed by atoms with Gasteiger partial charge in [0.2, 0.25) is 0 Å². The van der Waals surface area contributed by atoms with E-state index in [1.165, 1.54) is 0 Å². The fourth-order valence-corrected chi connectivity index (χ4v) is 5.64. The summed E-state index contributed by atoms with van der Waals surface area (Å²) in [4.78, 5) is 0. The van der Waals surface area contributed by atoms with Gasteiger partial charge in [-0.2, -0.15) is 0 Å². The van der Waals surface area contributed by atoms with Crippen molar-refractivity contribution in [3.05, 3.63) is 115 Å². The summed E-state index contributed by atoms with van der Waals surface area (Å²) in [7, 11) is 0. The normalized spacial score (nSPS) is 19.6. The molecule has 0 saturated heterocycles. The van der Waals surface area contributed by atoms with Gasteiger partial charge in [0.15, 0.2) is 23.3 Å². The van der Waals surface area contributed by atoms with Gasteiger partial charge < -0.3 is 0 Å². The minimum atomic E-state index is -1.56. The molecule has 0 nitrogen and oxygen atoms in total. The fraction of sp³-hybridized carbons (Fsp3) is 0.0833. The highest BCUT2D eigenvalue weighted by atomic mass is 35.5. The van der Waals surface area contributed by atoms with Gasteiger partial charge in [-0.05, 0) is 22.3 Å². The maximum Gasteiger partial charge on any atom is 0.166 e. The molecule has 0 aliphatic heterocycles. The standard InChI is InChI=1S/C24H10Cl4F4/c25-17-11-7-3-1-5-9(11)13(19(17)27)15-21(29)23(31)16(24(32)22(15)30)14-10-6-2-4-8-12(10)18(26)20(14)28/h1-8,13-14H. The van der Waals surface area contributed by atoms with Crippen LogP contribution >= 0.6 is 46.4 Å². The zero-order valence-electron chi connectivity index (χ0n) is 15.8. The summed E-state index contributed by atoms with van der Waals surface area (Å²) < 4.78 is 61.6. The fourth-order valence-electron chi connectivity index (χ4n) is 4.42. The van der Waals surface area contributed by atoms with Crippen molar-refractivity contribution in [3.63, 3.8) is 0 Å². The molecule has 162 valence electrons. The Hall–Kier alpha value is -1.98. The monoisotopic (exact) mass is 514 g/mol. The zero-order valence-corrected chi connectivity index (χ0v) is 18.8. The molecule has 0 N–H and O–H groups in total. The molecule has 3 aromatic rings. The van der Waals surface area contributed by atoms with Gasteiger partial charge in [-0.25, -0.2) is 17.6 Å². The first-order valence-corrected chi connectivity index (χ1v) is 10.9. The van der Waals surface area contributed by atoms with E-state index in [1.807, 2.05) is 0 Å². The first kappa shape index (κ1) is 21.8. The van der Waals surface area contributed by atoms with Crippen molar-refractivity contribution in [2.24, 2.45) is 0 Å². The van der Waals surface area contributed by atoms with Crippen LogP contribution in [0.25, 0.3) is 10.1 Å². The topological polar surface area (TPSA) is 0 Å². The number of allylic oxidation sites excluding steroid dienone is 2. The van der Waals surface area contributed by atoms with Crippen LogP contribution in [0.15, 0.2) is 58.6 Å². The molecule has 2 unspecified atom stereocenters. The van der Waals surface area contributed by atoms with Crippen LogP contribution in [0, 0.1) is 23.3 Å². The molecule has 2 aliphatic carbocycles. The Kier molecular flexibility index (Phi) is 5.33. The minimum Gasteiger partial charge on any atom is -0.203 e. The molecule has 5 rings (SSSR count). The summed E-state index contributed by atoms with van der Waals surface area (Å²) in [6.45, 7) is 0. The molecule has 2 aliphatic rings. The van der Waals surface area contributed by atoms with Gasteiger partial charge in [-0.3, -0.25) is 0 Å². The van der Waals surface area contributed by atoms with E-state index in [9.17, 15) is 0 Å². The van der Waals surface area contributed by atoms with Crippen molar-refractivity contribution in [2.45, 2.75) is 11.8 Å². The summed E-state index contributed by atoms with van der Waals surface area (Å²) >= 11 is 25.0. The lowest BCUT2D eigenvalue weighted by atomic mass is 9.86. The van der Waals surface area contributed by atoms with Crippen LogP contribution in [0.2, 0.25) is 0 Å². The van der Waals surface area contributed by atoms with Crippen LogP contribution in [-0.4, -0.2) is 0 Å². The highest BCUT2D eigenvalue weighted by Gasteiger charge is 2.41. The van der Waals surface area contributed by atoms with Gasteiger partial charge in [0.1, 0.15) is 0 Å². The van der Waals surface area contributed by atoms with Crippen molar-refractivity contribution in [1.82, 2.24) is 0 Å². The summed E-state index contributed by atoms with van der Waals surface area (Å²) in [6, 6.07) is 12.9. The predicted octanol–water partition coefficient (Wildman–Crippen LogP) is 8.83. The Morgan fingerprint density at radius 2 is 0.812 bits per heavy atom. The van der Waals surface area contributed by atoms with Crippen molar-refractivity contribution in [3.8, 4) is 0 Å². The Morgan fingerprint density at radius 3 is 1.16 bits per heavy atom. The van der Waals surface area contributed by atoms with E-state index < -0.39 is 46.2 Å². The number of fused-ring (bicyclic) bond motifs is 2. The molecule has 2 atom stereocenters. The first-order chi connectivity index (χ1) is 15.3. The highest BCUT2D eigenvalue weighted by molar-refractivity contribution is 6.56. The first-order valence-electron chi connectivity index (χ1n) is 9.40. The number of rotatable bonds is 2. The van der Waals surface area contributed by atoms with Crippen molar-refractivity contribution >= 4 is 56.5 Å². The van der Waals surface area contributed by atoms with E-state index in [0.717, 1.165) is 0 Å². The third-order valence-electron chi connectivity index (χ3n) is 5.85. The molecule has 0 saturated carbocycles. The van der Waals surface area contributed by atoms with E-state index >= 15 is 17.6 Å². The van der Waals surface area contributed by atoms with E-state index in [1.54, 1.807) is 48.5 Å². The lowest BCUT2D eigenvalue weighted by molar-refractivity contribution is 0.423. The van der Waals surface area contributed by atoms with E-state index in [4.69, 9.17) is 46.4 Å². The Balaban J connectivity index is 1.76. The molecule has 32 heavy (non-hydrogen) atoms. The second-order valence-electron chi connectivity index (χ2n) is 7.45. The Bertz CT molecular complexity index is 1240. The van der Waals surface area contributed by atoms with Gasteiger partial charge in [0.25, 0.3) is 0 Å². The quantitative estimate of drug-likeness (QED) is 0.236. The minimum absolute atomic E-state index is 0.0680. The average Bonchev–Trinajstić information content (AvgIpc) is 3.19. The second kappa shape index (κ2) is 7.81. The van der Waals surface area contributed by atoms with E-state index in [2.05, 4.69) is 0 Å².